The van der Waals surface area contributed by atoms with Gasteiger partial charge in [-0.1, -0.05) is 18.2 Å². The summed E-state index contributed by atoms with van der Waals surface area (Å²) in [5, 5.41) is 11.1. The van der Waals surface area contributed by atoms with Crippen molar-refractivity contribution in [3.63, 3.8) is 0 Å². The summed E-state index contributed by atoms with van der Waals surface area (Å²) in [6.45, 7) is 3.55. The third kappa shape index (κ3) is 3.17. The van der Waals surface area contributed by atoms with E-state index >= 15 is 0 Å². The number of hydrogen-bond acceptors (Lipinski definition) is 7. The molecule has 0 N–H and O–H groups in total. The Kier molecular flexibility index (Phi) is 5.30. The van der Waals surface area contributed by atoms with Crippen molar-refractivity contribution in [1.82, 2.24) is 0 Å². The predicted molar refractivity (Wildman–Crippen MR) is 101 cm³/mol. The number of esters is 1. The van der Waals surface area contributed by atoms with Gasteiger partial charge in [-0.3, -0.25) is 10.1 Å². The van der Waals surface area contributed by atoms with Crippen molar-refractivity contribution in [2.45, 2.75) is 25.5 Å². The zero-order chi connectivity index (χ0) is 20.3. The van der Waals surface area contributed by atoms with Gasteiger partial charge < -0.3 is 14.2 Å². The average molecular weight is 384 g/mol. The molecule has 1 heterocycles. The number of carbonyl (C=O) groups is 1. The van der Waals surface area contributed by atoms with E-state index in [-0.39, 0.29) is 18.0 Å². The van der Waals surface area contributed by atoms with E-state index in [1.54, 1.807) is 13.8 Å². The molecular formula is C20H20N2O6. The number of ether oxygens (including phenoxy) is 3. The Morgan fingerprint density at radius 3 is 2.61 bits per heavy atom. The summed E-state index contributed by atoms with van der Waals surface area (Å²) >= 11 is 0. The largest absolute Gasteiger partial charge is 0.496 e. The van der Waals surface area contributed by atoms with Crippen LogP contribution in [0.2, 0.25) is 0 Å². The summed E-state index contributed by atoms with van der Waals surface area (Å²) in [6, 6.07) is 13.2. The molecule has 2 aromatic carbocycles. The molecule has 0 radical (unpaired) electrons. The summed E-state index contributed by atoms with van der Waals surface area (Å²) in [7, 11) is 1.38. The van der Waals surface area contributed by atoms with Crippen LogP contribution in [0.3, 0.4) is 0 Å². The number of nitro benzene ring substituents is 1. The molecule has 2 aromatic rings. The van der Waals surface area contributed by atoms with Gasteiger partial charge in [-0.2, -0.15) is 0 Å². The van der Waals surface area contributed by atoms with Crippen LogP contribution in [0.4, 0.5) is 5.69 Å². The first-order valence-electron chi connectivity index (χ1n) is 8.76. The van der Waals surface area contributed by atoms with E-state index in [1.807, 2.05) is 30.3 Å². The molecule has 0 amide bonds. The van der Waals surface area contributed by atoms with Crippen molar-refractivity contribution in [3.8, 4) is 5.75 Å². The molecule has 3 rings (SSSR count). The zero-order valence-corrected chi connectivity index (χ0v) is 15.7. The average Bonchev–Trinajstić information content (AvgIpc) is 3.06. The molecule has 1 aliphatic heterocycles. The van der Waals surface area contributed by atoms with E-state index in [1.165, 1.54) is 25.3 Å². The van der Waals surface area contributed by atoms with E-state index in [4.69, 9.17) is 14.2 Å². The van der Waals surface area contributed by atoms with E-state index in [2.05, 4.69) is 4.99 Å². The molecule has 1 aliphatic rings. The first kappa shape index (κ1) is 19.3. The highest BCUT2D eigenvalue weighted by Crippen LogP contribution is 2.44. The first-order valence-corrected chi connectivity index (χ1v) is 8.76. The quantitative estimate of drug-likeness (QED) is 0.431. The van der Waals surface area contributed by atoms with Gasteiger partial charge in [0, 0.05) is 17.2 Å². The third-order valence-electron chi connectivity index (χ3n) is 4.57. The predicted octanol–water partition coefficient (Wildman–Crippen LogP) is 3.23. The second-order valence-electron chi connectivity index (χ2n) is 6.17. The molecular weight excluding hydrogens is 364 g/mol. The summed E-state index contributed by atoms with van der Waals surface area (Å²) in [4.78, 5) is 28.3. The molecule has 0 bridgehead atoms. The molecule has 0 saturated carbocycles. The van der Waals surface area contributed by atoms with E-state index < -0.39 is 22.5 Å². The van der Waals surface area contributed by atoms with Crippen LogP contribution >= 0.6 is 0 Å². The maximum absolute atomic E-state index is 13.0. The minimum absolute atomic E-state index is 0.152. The van der Waals surface area contributed by atoms with Crippen molar-refractivity contribution in [3.05, 3.63) is 69.8 Å². The van der Waals surface area contributed by atoms with Crippen molar-refractivity contribution < 1.29 is 23.9 Å². The molecule has 0 aliphatic carbocycles. The molecule has 0 aromatic heterocycles. The summed E-state index contributed by atoms with van der Waals surface area (Å²) in [6.07, 6.45) is -0.711. The Labute approximate surface area is 161 Å². The Bertz CT molecular complexity index is 928. The Hall–Kier alpha value is -3.42. The zero-order valence-electron chi connectivity index (χ0n) is 15.7. The second-order valence-corrected chi connectivity index (χ2v) is 6.17. The van der Waals surface area contributed by atoms with Crippen LogP contribution in [-0.2, 0) is 19.8 Å². The summed E-state index contributed by atoms with van der Waals surface area (Å²) < 4.78 is 16.6. The number of rotatable bonds is 6. The second kappa shape index (κ2) is 7.67. The minimum atomic E-state index is -1.54. The van der Waals surface area contributed by atoms with Gasteiger partial charge in [-0.05, 0) is 32.0 Å². The van der Waals surface area contributed by atoms with Gasteiger partial charge in [0.25, 0.3) is 5.69 Å². The number of non-ortho nitro benzene ring substituents is 1. The van der Waals surface area contributed by atoms with Gasteiger partial charge in [0.1, 0.15) is 11.9 Å². The molecule has 2 atom stereocenters. The van der Waals surface area contributed by atoms with Crippen molar-refractivity contribution in [2.24, 2.45) is 4.99 Å². The van der Waals surface area contributed by atoms with Gasteiger partial charge in [0.2, 0.25) is 11.4 Å². The highest BCUT2D eigenvalue weighted by molar-refractivity contribution is 6.00. The van der Waals surface area contributed by atoms with Gasteiger partial charge in [0.15, 0.2) is 0 Å². The number of carbonyl (C=O) groups excluding carboxylic acids is 1. The summed E-state index contributed by atoms with van der Waals surface area (Å²) in [5.41, 5.74) is -0.640. The minimum Gasteiger partial charge on any atom is -0.496 e. The molecule has 8 nitrogen and oxygen atoms in total. The highest BCUT2D eigenvalue weighted by atomic mass is 16.6. The maximum Gasteiger partial charge on any atom is 0.342 e. The van der Waals surface area contributed by atoms with Crippen molar-refractivity contribution in [1.29, 1.82) is 0 Å². The van der Waals surface area contributed by atoms with Crippen LogP contribution in [0.1, 0.15) is 25.0 Å². The first-order chi connectivity index (χ1) is 13.4. The fourth-order valence-electron chi connectivity index (χ4n) is 3.19. The fraction of sp³-hybridized carbons (Fsp3) is 0.300. The lowest BCUT2D eigenvalue weighted by molar-refractivity contribution is -0.385. The Balaban J connectivity index is 2.21. The number of nitrogens with zero attached hydrogens (tertiary/aromatic N) is 2. The number of hydrogen-bond donors (Lipinski definition) is 0. The van der Waals surface area contributed by atoms with Gasteiger partial charge >= 0.3 is 5.97 Å². The molecule has 28 heavy (non-hydrogen) atoms. The van der Waals surface area contributed by atoms with Crippen LogP contribution in [0.15, 0.2) is 53.5 Å². The van der Waals surface area contributed by atoms with Crippen molar-refractivity contribution in [2.75, 3.05) is 13.7 Å². The van der Waals surface area contributed by atoms with Crippen LogP contribution in [0.5, 0.6) is 5.75 Å². The molecule has 0 fully saturated rings. The molecule has 0 unspecified atom stereocenters. The van der Waals surface area contributed by atoms with Crippen LogP contribution in [0, 0.1) is 10.1 Å². The van der Waals surface area contributed by atoms with Gasteiger partial charge in [-0.15, -0.1) is 0 Å². The third-order valence-corrected chi connectivity index (χ3v) is 4.57. The highest BCUT2D eigenvalue weighted by Gasteiger charge is 2.55. The lowest BCUT2D eigenvalue weighted by atomic mass is 9.85. The number of aliphatic imine (C=N–C) groups is 1. The van der Waals surface area contributed by atoms with E-state index in [0.717, 1.165) is 0 Å². The Morgan fingerprint density at radius 1 is 1.29 bits per heavy atom. The molecule has 0 saturated heterocycles. The topological polar surface area (TPSA) is 100 Å². The van der Waals surface area contributed by atoms with Gasteiger partial charge in [-0.25, -0.2) is 9.79 Å². The van der Waals surface area contributed by atoms with Crippen LogP contribution in [0.25, 0.3) is 0 Å². The molecule has 0 spiro atoms. The van der Waals surface area contributed by atoms with Gasteiger partial charge in [0.05, 0.1) is 24.7 Å². The lowest BCUT2D eigenvalue weighted by Crippen LogP contribution is -2.43. The van der Waals surface area contributed by atoms with E-state index in [9.17, 15) is 14.9 Å². The maximum atomic E-state index is 13.0. The normalized spacial score (nSPS) is 20.8. The molecule has 8 heteroatoms. The summed E-state index contributed by atoms with van der Waals surface area (Å²) in [5.74, 6) is -0.155. The fourth-order valence-corrected chi connectivity index (χ4v) is 3.19. The van der Waals surface area contributed by atoms with Crippen LogP contribution in [-0.4, -0.2) is 36.6 Å². The number of nitro groups is 1. The SMILES string of the molecule is CCOC(=O)[C@]1(c2ccc([N+](=O)[O-])cc2OC)N=C(c2ccccc2)O[C@@H]1C. The smallest absolute Gasteiger partial charge is 0.342 e. The monoisotopic (exact) mass is 384 g/mol. The van der Waals surface area contributed by atoms with Crippen molar-refractivity contribution >= 4 is 17.6 Å². The van der Waals surface area contributed by atoms with Crippen LogP contribution < -0.4 is 4.74 Å². The lowest BCUT2D eigenvalue weighted by Gasteiger charge is -2.28. The molecule has 146 valence electrons. The number of benzene rings is 2. The van der Waals surface area contributed by atoms with E-state index in [0.29, 0.717) is 17.0 Å². The number of methoxy groups -OCH3 is 1. The standard InChI is InChI=1S/C20H20N2O6/c1-4-27-19(23)20(16-11-10-15(22(24)25)12-17(16)26-3)13(2)28-18(21-20)14-8-6-5-7-9-14/h5-13H,4H2,1-3H3/t13-,20+/m1/s1. The Morgan fingerprint density at radius 2 is 2.00 bits per heavy atom.